The van der Waals surface area contributed by atoms with Crippen molar-refractivity contribution < 1.29 is 4.74 Å². The molecule has 0 spiro atoms. The van der Waals surface area contributed by atoms with E-state index in [1.165, 1.54) is 35.2 Å². The van der Waals surface area contributed by atoms with Crippen molar-refractivity contribution in [1.82, 2.24) is 0 Å². The maximum absolute atomic E-state index is 5.97. The molecule has 0 unspecified atom stereocenters. The first-order chi connectivity index (χ1) is 9.81. The van der Waals surface area contributed by atoms with Gasteiger partial charge < -0.3 is 9.64 Å². The Bertz CT molecular complexity index is 646. The van der Waals surface area contributed by atoms with Crippen LogP contribution in [0.4, 0.5) is 5.69 Å². The van der Waals surface area contributed by atoms with E-state index in [1.807, 2.05) is 0 Å². The minimum absolute atomic E-state index is 0.643. The third-order valence-corrected chi connectivity index (χ3v) is 4.28. The quantitative estimate of drug-likeness (QED) is 0.805. The Morgan fingerprint density at radius 3 is 2.75 bits per heavy atom. The molecule has 2 aromatic carbocycles. The van der Waals surface area contributed by atoms with Crippen molar-refractivity contribution >= 4 is 5.69 Å². The van der Waals surface area contributed by atoms with Gasteiger partial charge in [-0.15, -0.1) is 0 Å². The van der Waals surface area contributed by atoms with Crippen molar-refractivity contribution in [2.24, 2.45) is 0 Å². The summed E-state index contributed by atoms with van der Waals surface area (Å²) in [7, 11) is 0. The summed E-state index contributed by atoms with van der Waals surface area (Å²) in [5.74, 6) is 1.85. The highest BCUT2D eigenvalue weighted by molar-refractivity contribution is 5.53. The smallest absolute Gasteiger partial charge is 0.161 e. The lowest BCUT2D eigenvalue weighted by Gasteiger charge is -2.32. The lowest BCUT2D eigenvalue weighted by Crippen LogP contribution is -2.32. The molecule has 2 aromatic rings. The van der Waals surface area contributed by atoms with Gasteiger partial charge >= 0.3 is 0 Å². The SMILES string of the molecule is Cc1cccc(N2COc3cccc(C4CC4)c3C2)c1. The number of rotatable bonds is 2. The third kappa shape index (κ3) is 2.05. The molecular formula is C18H19NO. The van der Waals surface area contributed by atoms with Crippen LogP contribution in [0.3, 0.4) is 0 Å². The summed E-state index contributed by atoms with van der Waals surface area (Å²) in [6, 6.07) is 15.2. The van der Waals surface area contributed by atoms with E-state index in [9.17, 15) is 0 Å². The maximum atomic E-state index is 5.97. The molecular weight excluding hydrogens is 246 g/mol. The first-order valence-corrected chi connectivity index (χ1v) is 7.37. The number of hydrogen-bond acceptors (Lipinski definition) is 2. The van der Waals surface area contributed by atoms with E-state index in [-0.39, 0.29) is 0 Å². The second kappa shape index (κ2) is 4.55. The maximum Gasteiger partial charge on any atom is 0.161 e. The summed E-state index contributed by atoms with van der Waals surface area (Å²) >= 11 is 0. The summed E-state index contributed by atoms with van der Waals surface area (Å²) in [6.45, 7) is 3.74. The fraction of sp³-hybridized carbons (Fsp3) is 0.333. The molecule has 4 rings (SSSR count). The molecule has 0 N–H and O–H groups in total. The molecule has 2 heteroatoms. The summed E-state index contributed by atoms with van der Waals surface area (Å²) < 4.78 is 5.97. The minimum atomic E-state index is 0.643. The number of aryl methyl sites for hydroxylation is 1. The molecule has 0 amide bonds. The number of benzene rings is 2. The van der Waals surface area contributed by atoms with Gasteiger partial charge in [-0.2, -0.15) is 0 Å². The Morgan fingerprint density at radius 2 is 1.95 bits per heavy atom. The molecule has 1 fully saturated rings. The molecule has 0 atom stereocenters. The van der Waals surface area contributed by atoms with Crippen LogP contribution < -0.4 is 9.64 Å². The Morgan fingerprint density at radius 1 is 1.10 bits per heavy atom. The first kappa shape index (κ1) is 11.8. The zero-order valence-corrected chi connectivity index (χ0v) is 11.8. The fourth-order valence-electron chi connectivity index (χ4n) is 3.04. The monoisotopic (exact) mass is 265 g/mol. The summed E-state index contributed by atoms with van der Waals surface area (Å²) in [5, 5.41) is 0. The van der Waals surface area contributed by atoms with Crippen molar-refractivity contribution in [3.05, 3.63) is 59.2 Å². The highest BCUT2D eigenvalue weighted by atomic mass is 16.5. The molecule has 0 saturated heterocycles. The van der Waals surface area contributed by atoms with E-state index >= 15 is 0 Å². The Kier molecular flexibility index (Phi) is 2.69. The van der Waals surface area contributed by atoms with E-state index in [0.717, 1.165) is 18.2 Å². The van der Waals surface area contributed by atoms with E-state index in [1.54, 1.807) is 0 Å². The highest BCUT2D eigenvalue weighted by Gasteiger charge is 2.29. The lowest BCUT2D eigenvalue weighted by atomic mass is 10.0. The molecule has 1 saturated carbocycles. The normalized spacial score (nSPS) is 17.6. The van der Waals surface area contributed by atoms with Crippen molar-refractivity contribution in [2.75, 3.05) is 11.6 Å². The van der Waals surface area contributed by atoms with Crippen LogP contribution >= 0.6 is 0 Å². The van der Waals surface area contributed by atoms with Gasteiger partial charge in [-0.25, -0.2) is 0 Å². The van der Waals surface area contributed by atoms with Crippen LogP contribution in [-0.2, 0) is 6.54 Å². The van der Waals surface area contributed by atoms with Crippen molar-refractivity contribution in [2.45, 2.75) is 32.2 Å². The molecule has 102 valence electrons. The third-order valence-electron chi connectivity index (χ3n) is 4.28. The van der Waals surface area contributed by atoms with Crippen molar-refractivity contribution in [3.8, 4) is 5.75 Å². The average molecular weight is 265 g/mol. The molecule has 20 heavy (non-hydrogen) atoms. The van der Waals surface area contributed by atoms with Crippen LogP contribution in [0, 0.1) is 6.92 Å². The van der Waals surface area contributed by atoms with Gasteiger partial charge in [0.15, 0.2) is 6.73 Å². The van der Waals surface area contributed by atoms with Crippen molar-refractivity contribution in [1.29, 1.82) is 0 Å². The van der Waals surface area contributed by atoms with Crippen LogP contribution in [0.5, 0.6) is 5.75 Å². The molecule has 2 nitrogen and oxygen atoms in total. The van der Waals surface area contributed by atoms with Crippen LogP contribution in [0.2, 0.25) is 0 Å². The van der Waals surface area contributed by atoms with E-state index in [4.69, 9.17) is 4.74 Å². The van der Waals surface area contributed by atoms with Gasteiger partial charge in [0.2, 0.25) is 0 Å². The topological polar surface area (TPSA) is 12.5 Å². The molecule has 2 aliphatic rings. The number of ether oxygens (including phenoxy) is 1. The largest absolute Gasteiger partial charge is 0.473 e. The fourth-order valence-corrected chi connectivity index (χ4v) is 3.04. The second-order valence-electron chi connectivity index (χ2n) is 5.91. The first-order valence-electron chi connectivity index (χ1n) is 7.37. The van der Waals surface area contributed by atoms with E-state index in [2.05, 4.69) is 54.3 Å². The molecule has 1 aliphatic heterocycles. The van der Waals surface area contributed by atoms with E-state index in [0.29, 0.717) is 6.73 Å². The minimum Gasteiger partial charge on any atom is -0.473 e. The van der Waals surface area contributed by atoms with Gasteiger partial charge in [0.05, 0.1) is 6.54 Å². The molecule has 1 heterocycles. The van der Waals surface area contributed by atoms with E-state index < -0.39 is 0 Å². The zero-order chi connectivity index (χ0) is 13.5. The Labute approximate surface area is 120 Å². The predicted molar refractivity (Wildman–Crippen MR) is 81.3 cm³/mol. The van der Waals surface area contributed by atoms with Crippen LogP contribution in [0.15, 0.2) is 42.5 Å². The number of nitrogens with zero attached hydrogens (tertiary/aromatic N) is 1. The number of anilines is 1. The number of hydrogen-bond donors (Lipinski definition) is 0. The van der Waals surface area contributed by atoms with Gasteiger partial charge in [-0.3, -0.25) is 0 Å². The lowest BCUT2D eigenvalue weighted by molar-refractivity contribution is 0.288. The Balaban J connectivity index is 1.68. The van der Waals surface area contributed by atoms with Gasteiger partial charge in [-0.1, -0.05) is 24.3 Å². The van der Waals surface area contributed by atoms with Gasteiger partial charge in [0.1, 0.15) is 5.75 Å². The standard InChI is InChI=1S/C18H19NO/c1-13-4-2-5-15(10-13)19-11-17-16(14-8-9-14)6-3-7-18(17)20-12-19/h2-7,10,14H,8-9,11-12H2,1H3. The van der Waals surface area contributed by atoms with Gasteiger partial charge in [0, 0.05) is 11.3 Å². The summed E-state index contributed by atoms with van der Waals surface area (Å²) in [5.41, 5.74) is 5.44. The van der Waals surface area contributed by atoms with Crippen LogP contribution in [0.25, 0.3) is 0 Å². The molecule has 0 bridgehead atoms. The predicted octanol–water partition coefficient (Wildman–Crippen LogP) is 4.23. The molecule has 0 radical (unpaired) electrons. The van der Waals surface area contributed by atoms with Crippen LogP contribution in [0.1, 0.15) is 35.4 Å². The molecule has 1 aliphatic carbocycles. The Hall–Kier alpha value is -1.96. The summed E-state index contributed by atoms with van der Waals surface area (Å²) in [6.07, 6.45) is 2.67. The average Bonchev–Trinajstić information content (AvgIpc) is 3.31. The second-order valence-corrected chi connectivity index (χ2v) is 5.91. The highest BCUT2D eigenvalue weighted by Crippen LogP contribution is 2.45. The molecule has 0 aromatic heterocycles. The van der Waals surface area contributed by atoms with Gasteiger partial charge in [-0.05, 0) is 55.0 Å². The zero-order valence-electron chi connectivity index (χ0n) is 11.8. The summed E-state index contributed by atoms with van der Waals surface area (Å²) in [4.78, 5) is 2.32. The number of fused-ring (bicyclic) bond motifs is 1. The van der Waals surface area contributed by atoms with Crippen LogP contribution in [-0.4, -0.2) is 6.73 Å². The van der Waals surface area contributed by atoms with Gasteiger partial charge in [0.25, 0.3) is 0 Å². The van der Waals surface area contributed by atoms with Crippen molar-refractivity contribution in [3.63, 3.8) is 0 Å².